The molecule has 4 heteroatoms. The van der Waals surface area contributed by atoms with Crippen LogP contribution in [0.5, 0.6) is 0 Å². The van der Waals surface area contributed by atoms with Crippen LogP contribution in [0.15, 0.2) is 29.2 Å². The molecule has 0 radical (unpaired) electrons. The number of anilines is 1. The number of carbonyl (C=O) groups excluding carboxylic acids is 1. The minimum absolute atomic E-state index is 0.0619. The minimum Gasteiger partial charge on any atom is -0.324 e. The maximum Gasteiger partial charge on any atom is 0.244 e. The van der Waals surface area contributed by atoms with E-state index in [4.69, 9.17) is 0 Å². The van der Waals surface area contributed by atoms with Gasteiger partial charge in [-0.15, -0.1) is 11.8 Å². The zero-order chi connectivity index (χ0) is 12.3. The van der Waals surface area contributed by atoms with Gasteiger partial charge in [0.2, 0.25) is 5.91 Å². The number of carbonyl (C=O) groups is 1. The number of amides is 1. The third-order valence-electron chi connectivity index (χ3n) is 3.22. The first-order valence-electron chi connectivity index (χ1n) is 5.84. The monoisotopic (exact) mass is 250 g/mol. The second kappa shape index (κ2) is 5.10. The first-order valence-corrected chi connectivity index (χ1v) is 7.07. The summed E-state index contributed by atoms with van der Waals surface area (Å²) in [6.45, 7) is 2.89. The third kappa shape index (κ3) is 2.82. The van der Waals surface area contributed by atoms with Crippen LogP contribution in [0, 0.1) is 0 Å². The normalized spacial score (nSPS) is 23.6. The Morgan fingerprint density at radius 2 is 2.12 bits per heavy atom. The van der Waals surface area contributed by atoms with Gasteiger partial charge in [0.05, 0.1) is 5.54 Å². The molecule has 17 heavy (non-hydrogen) atoms. The van der Waals surface area contributed by atoms with Crippen molar-refractivity contribution in [2.24, 2.45) is 0 Å². The minimum atomic E-state index is -0.405. The van der Waals surface area contributed by atoms with E-state index in [1.807, 2.05) is 37.4 Å². The molecule has 1 aromatic carbocycles. The third-order valence-corrected chi connectivity index (χ3v) is 3.96. The van der Waals surface area contributed by atoms with E-state index in [0.717, 1.165) is 25.1 Å². The molecule has 1 heterocycles. The summed E-state index contributed by atoms with van der Waals surface area (Å²) < 4.78 is 0. The van der Waals surface area contributed by atoms with Crippen LogP contribution >= 0.6 is 11.8 Å². The van der Waals surface area contributed by atoms with Gasteiger partial charge >= 0.3 is 0 Å². The van der Waals surface area contributed by atoms with Crippen molar-refractivity contribution in [3.8, 4) is 0 Å². The lowest BCUT2D eigenvalue weighted by Crippen LogP contribution is -2.47. The summed E-state index contributed by atoms with van der Waals surface area (Å²) in [7, 11) is 0. The average molecular weight is 250 g/mol. The van der Waals surface area contributed by atoms with Crippen molar-refractivity contribution in [3.63, 3.8) is 0 Å². The van der Waals surface area contributed by atoms with Gasteiger partial charge in [-0.25, -0.2) is 0 Å². The van der Waals surface area contributed by atoms with E-state index in [1.165, 1.54) is 4.90 Å². The van der Waals surface area contributed by atoms with Gasteiger partial charge in [0.1, 0.15) is 0 Å². The van der Waals surface area contributed by atoms with Gasteiger partial charge in [-0.3, -0.25) is 4.79 Å². The molecule has 0 saturated carbocycles. The van der Waals surface area contributed by atoms with Crippen LogP contribution in [0.1, 0.15) is 19.8 Å². The first kappa shape index (κ1) is 12.5. The number of rotatable bonds is 3. The largest absolute Gasteiger partial charge is 0.324 e. The van der Waals surface area contributed by atoms with E-state index in [-0.39, 0.29) is 5.91 Å². The first-order chi connectivity index (χ1) is 8.14. The van der Waals surface area contributed by atoms with Crippen molar-refractivity contribution in [2.45, 2.75) is 30.2 Å². The summed E-state index contributed by atoms with van der Waals surface area (Å²) in [5, 5.41) is 6.22. The fourth-order valence-corrected chi connectivity index (χ4v) is 2.44. The Hall–Kier alpha value is -1.00. The van der Waals surface area contributed by atoms with Crippen molar-refractivity contribution in [2.75, 3.05) is 18.1 Å². The van der Waals surface area contributed by atoms with E-state index in [1.54, 1.807) is 11.8 Å². The Kier molecular flexibility index (Phi) is 3.74. The van der Waals surface area contributed by atoms with Gasteiger partial charge in [0.25, 0.3) is 0 Å². The molecule has 1 aromatic rings. The Balaban J connectivity index is 2.02. The molecular weight excluding hydrogens is 232 g/mol. The fourth-order valence-electron chi connectivity index (χ4n) is 2.03. The van der Waals surface area contributed by atoms with Crippen LogP contribution in [0.2, 0.25) is 0 Å². The number of benzene rings is 1. The van der Waals surface area contributed by atoms with E-state index in [0.29, 0.717) is 0 Å². The number of hydrogen-bond acceptors (Lipinski definition) is 3. The lowest BCUT2D eigenvalue weighted by molar-refractivity contribution is -0.121. The molecule has 92 valence electrons. The highest BCUT2D eigenvalue weighted by Crippen LogP contribution is 2.22. The molecule has 2 rings (SSSR count). The maximum absolute atomic E-state index is 12.1. The van der Waals surface area contributed by atoms with Crippen LogP contribution in [0.25, 0.3) is 0 Å². The molecule has 3 nitrogen and oxygen atoms in total. The SMILES string of the molecule is CSc1ccc(NC(=O)C2(C)CCCN2)cc1. The number of hydrogen-bond donors (Lipinski definition) is 2. The van der Waals surface area contributed by atoms with Crippen molar-refractivity contribution in [3.05, 3.63) is 24.3 Å². The van der Waals surface area contributed by atoms with Gasteiger partial charge < -0.3 is 10.6 Å². The molecule has 1 amide bonds. The lowest BCUT2D eigenvalue weighted by atomic mass is 9.99. The predicted octanol–water partition coefficient (Wildman–Crippen LogP) is 2.49. The van der Waals surface area contributed by atoms with Crippen LogP contribution in [0.3, 0.4) is 0 Å². The lowest BCUT2D eigenvalue weighted by Gasteiger charge is -2.23. The standard InChI is InChI=1S/C13H18N2OS/c1-13(8-3-9-14-13)12(16)15-10-4-6-11(17-2)7-5-10/h4-7,14H,3,8-9H2,1-2H3,(H,15,16). The Bertz CT molecular complexity index is 396. The molecular formula is C13H18N2OS. The maximum atomic E-state index is 12.1. The Morgan fingerprint density at radius 1 is 1.41 bits per heavy atom. The van der Waals surface area contributed by atoms with Crippen LogP contribution < -0.4 is 10.6 Å². The van der Waals surface area contributed by atoms with E-state index in [9.17, 15) is 4.79 Å². The van der Waals surface area contributed by atoms with Crippen LogP contribution in [0.4, 0.5) is 5.69 Å². The van der Waals surface area contributed by atoms with Gasteiger partial charge in [-0.2, -0.15) is 0 Å². The number of nitrogens with one attached hydrogen (secondary N) is 2. The van der Waals surface area contributed by atoms with Crippen molar-refractivity contribution in [1.82, 2.24) is 5.32 Å². The van der Waals surface area contributed by atoms with Crippen LogP contribution in [-0.4, -0.2) is 24.2 Å². The van der Waals surface area contributed by atoms with Gasteiger partial charge in [-0.05, 0) is 56.8 Å². The zero-order valence-corrected chi connectivity index (χ0v) is 11.1. The second-order valence-electron chi connectivity index (χ2n) is 4.55. The summed E-state index contributed by atoms with van der Waals surface area (Å²) in [5.74, 6) is 0.0619. The smallest absolute Gasteiger partial charge is 0.244 e. The molecule has 0 spiro atoms. The molecule has 1 atom stereocenters. The summed E-state index contributed by atoms with van der Waals surface area (Å²) in [5.41, 5.74) is 0.459. The van der Waals surface area contributed by atoms with Gasteiger partial charge in [-0.1, -0.05) is 0 Å². The van der Waals surface area contributed by atoms with E-state index >= 15 is 0 Å². The number of thioether (sulfide) groups is 1. The molecule has 0 bridgehead atoms. The predicted molar refractivity (Wildman–Crippen MR) is 72.5 cm³/mol. The topological polar surface area (TPSA) is 41.1 Å². The second-order valence-corrected chi connectivity index (χ2v) is 5.42. The molecule has 1 saturated heterocycles. The van der Waals surface area contributed by atoms with Crippen LogP contribution in [-0.2, 0) is 4.79 Å². The molecule has 0 aromatic heterocycles. The zero-order valence-electron chi connectivity index (χ0n) is 10.2. The summed E-state index contributed by atoms with van der Waals surface area (Å²) in [6, 6.07) is 7.93. The fraction of sp³-hybridized carbons (Fsp3) is 0.462. The molecule has 1 aliphatic rings. The molecule has 2 N–H and O–H groups in total. The van der Waals surface area contributed by atoms with Crippen molar-refractivity contribution >= 4 is 23.4 Å². The summed E-state index contributed by atoms with van der Waals surface area (Å²) in [6.07, 6.45) is 4.01. The quantitative estimate of drug-likeness (QED) is 0.810. The van der Waals surface area contributed by atoms with Gasteiger partial charge in [0, 0.05) is 10.6 Å². The molecule has 1 unspecified atom stereocenters. The summed E-state index contributed by atoms with van der Waals surface area (Å²) >= 11 is 1.70. The van der Waals surface area contributed by atoms with Crippen molar-refractivity contribution < 1.29 is 4.79 Å². The van der Waals surface area contributed by atoms with Crippen molar-refractivity contribution in [1.29, 1.82) is 0 Å². The van der Waals surface area contributed by atoms with Gasteiger partial charge in [0.15, 0.2) is 0 Å². The van der Waals surface area contributed by atoms with E-state index < -0.39 is 5.54 Å². The highest BCUT2D eigenvalue weighted by molar-refractivity contribution is 7.98. The highest BCUT2D eigenvalue weighted by atomic mass is 32.2. The molecule has 0 aliphatic carbocycles. The van der Waals surface area contributed by atoms with E-state index in [2.05, 4.69) is 10.6 Å². The summed E-state index contributed by atoms with van der Waals surface area (Å²) in [4.78, 5) is 13.3. The highest BCUT2D eigenvalue weighted by Gasteiger charge is 2.35. The Labute approximate surface area is 106 Å². The molecule has 1 aliphatic heterocycles. The molecule has 1 fully saturated rings. The Morgan fingerprint density at radius 3 is 2.65 bits per heavy atom. The average Bonchev–Trinajstić information content (AvgIpc) is 2.78.